The maximum Gasteiger partial charge on any atom is 0.306 e. The number of likely N-dealkylation sites (tertiary alicyclic amines) is 1. The van der Waals surface area contributed by atoms with Crippen LogP contribution in [0.3, 0.4) is 0 Å². The number of carbonyl (C=O) groups is 1. The highest BCUT2D eigenvalue weighted by Gasteiger charge is 2.25. The molecule has 2 heterocycles. The summed E-state index contributed by atoms with van der Waals surface area (Å²) in [7, 11) is 0. The van der Waals surface area contributed by atoms with Crippen molar-refractivity contribution in [3.8, 4) is 0 Å². The van der Waals surface area contributed by atoms with Gasteiger partial charge < -0.3 is 19.7 Å². The average Bonchev–Trinajstić information content (AvgIpc) is 3.18. The second kappa shape index (κ2) is 10.3. The second-order valence-corrected chi connectivity index (χ2v) is 8.96. The highest BCUT2D eigenvalue weighted by atomic mass is 16.4. The monoisotopic (exact) mass is 435 g/mol. The van der Waals surface area contributed by atoms with Gasteiger partial charge in [0.1, 0.15) is 5.82 Å². The van der Waals surface area contributed by atoms with E-state index in [-0.39, 0.29) is 12.5 Å². The Bertz CT molecular complexity index is 1040. The Morgan fingerprint density at radius 2 is 1.75 bits per heavy atom. The Morgan fingerprint density at radius 1 is 1.06 bits per heavy atom. The lowest BCUT2D eigenvalue weighted by atomic mass is 9.95. The molecule has 6 nitrogen and oxygen atoms in total. The molecule has 1 aliphatic heterocycles. The van der Waals surface area contributed by atoms with Gasteiger partial charge in [0.15, 0.2) is 0 Å². The van der Waals surface area contributed by atoms with Crippen molar-refractivity contribution in [2.75, 3.05) is 26.2 Å². The van der Waals surface area contributed by atoms with E-state index >= 15 is 0 Å². The number of para-hydroxylation sites is 2. The van der Waals surface area contributed by atoms with Crippen LogP contribution < -0.4 is 0 Å². The van der Waals surface area contributed by atoms with Crippen LogP contribution in [0.1, 0.15) is 42.6 Å². The number of rotatable bonds is 9. The van der Waals surface area contributed by atoms with Gasteiger partial charge in [-0.05, 0) is 62.0 Å². The van der Waals surface area contributed by atoms with E-state index in [4.69, 9.17) is 10.1 Å². The van der Waals surface area contributed by atoms with E-state index in [9.17, 15) is 9.90 Å². The molecule has 0 radical (unpaired) electrons. The van der Waals surface area contributed by atoms with Crippen molar-refractivity contribution in [2.45, 2.75) is 45.1 Å². The second-order valence-electron chi connectivity index (χ2n) is 8.96. The molecule has 0 spiro atoms. The van der Waals surface area contributed by atoms with E-state index in [2.05, 4.69) is 45.9 Å². The third-order valence-electron chi connectivity index (χ3n) is 6.66. The summed E-state index contributed by atoms with van der Waals surface area (Å²) in [5, 5.41) is 18.6. The molecular formula is C26H33N3O3. The predicted octanol–water partition coefficient (Wildman–Crippen LogP) is 3.71. The first-order valence-corrected chi connectivity index (χ1v) is 11.6. The number of aliphatic carboxylic acids is 1. The summed E-state index contributed by atoms with van der Waals surface area (Å²) < 4.78 is 2.20. The Kier molecular flexibility index (Phi) is 7.22. The van der Waals surface area contributed by atoms with Crippen LogP contribution in [0, 0.1) is 5.92 Å². The van der Waals surface area contributed by atoms with Crippen LogP contribution in [0.15, 0.2) is 48.5 Å². The number of hydrogen-bond acceptors (Lipinski definition) is 4. The zero-order valence-corrected chi connectivity index (χ0v) is 18.8. The molecule has 0 bridgehead atoms. The van der Waals surface area contributed by atoms with E-state index < -0.39 is 5.97 Å². The molecule has 4 rings (SSSR count). The molecule has 0 aliphatic carbocycles. The van der Waals surface area contributed by atoms with E-state index in [1.165, 1.54) is 5.56 Å². The third kappa shape index (κ3) is 5.19. The molecule has 0 amide bonds. The van der Waals surface area contributed by atoms with Gasteiger partial charge in [-0.3, -0.25) is 4.79 Å². The summed E-state index contributed by atoms with van der Waals surface area (Å²) in [6, 6.07) is 16.6. The first-order chi connectivity index (χ1) is 15.5. The minimum atomic E-state index is -0.746. The van der Waals surface area contributed by atoms with Gasteiger partial charge in [0, 0.05) is 19.0 Å². The molecule has 32 heavy (non-hydrogen) atoms. The maximum absolute atomic E-state index is 11.0. The average molecular weight is 436 g/mol. The van der Waals surface area contributed by atoms with E-state index in [0.717, 1.165) is 61.3 Å². The fourth-order valence-corrected chi connectivity index (χ4v) is 4.73. The van der Waals surface area contributed by atoms with Crippen LogP contribution in [-0.2, 0) is 24.2 Å². The highest BCUT2D eigenvalue weighted by Crippen LogP contribution is 2.30. The summed E-state index contributed by atoms with van der Waals surface area (Å²) in [6.45, 7) is 5.61. The molecule has 2 N–H and O–H groups in total. The zero-order chi connectivity index (χ0) is 22.5. The molecule has 1 aliphatic rings. The van der Waals surface area contributed by atoms with Gasteiger partial charge in [0.25, 0.3) is 0 Å². The van der Waals surface area contributed by atoms with Crippen LogP contribution in [0.5, 0.6) is 0 Å². The van der Waals surface area contributed by atoms with Gasteiger partial charge in [0.2, 0.25) is 0 Å². The lowest BCUT2D eigenvalue weighted by Crippen LogP contribution is -2.35. The van der Waals surface area contributed by atoms with Crippen LogP contribution in [0.4, 0.5) is 0 Å². The molecule has 3 aromatic rings. The minimum absolute atomic E-state index is 0.125. The first kappa shape index (κ1) is 22.5. The van der Waals surface area contributed by atoms with Crippen molar-refractivity contribution >= 4 is 17.0 Å². The number of fused-ring (bicyclic) bond motifs is 1. The SMILES string of the molecule is CC(Cc1ccc(CCN2CCC(c3nc4ccccc4n3CCO)CC2)cc1)C(=O)O. The molecule has 1 fully saturated rings. The van der Waals surface area contributed by atoms with Crippen molar-refractivity contribution in [2.24, 2.45) is 5.92 Å². The fraction of sp³-hybridized carbons (Fsp3) is 0.462. The smallest absolute Gasteiger partial charge is 0.306 e. The van der Waals surface area contributed by atoms with Gasteiger partial charge in [-0.2, -0.15) is 0 Å². The molecular weight excluding hydrogens is 402 g/mol. The number of carboxylic acid groups (broad SMARTS) is 1. The lowest BCUT2D eigenvalue weighted by molar-refractivity contribution is -0.141. The van der Waals surface area contributed by atoms with E-state index in [0.29, 0.717) is 18.9 Å². The predicted molar refractivity (Wildman–Crippen MR) is 126 cm³/mol. The van der Waals surface area contributed by atoms with Crippen LogP contribution in [-0.4, -0.2) is 56.9 Å². The van der Waals surface area contributed by atoms with Crippen LogP contribution in [0.2, 0.25) is 0 Å². The normalized spacial score (nSPS) is 16.4. The number of hydrogen-bond donors (Lipinski definition) is 2. The third-order valence-corrected chi connectivity index (χ3v) is 6.66. The molecule has 1 unspecified atom stereocenters. The largest absolute Gasteiger partial charge is 0.481 e. The zero-order valence-electron chi connectivity index (χ0n) is 18.8. The molecule has 6 heteroatoms. The highest BCUT2D eigenvalue weighted by molar-refractivity contribution is 5.76. The van der Waals surface area contributed by atoms with Crippen molar-refractivity contribution in [1.82, 2.24) is 14.5 Å². The maximum atomic E-state index is 11.0. The standard InChI is InChI=1S/C26H33N3O3/c1-19(26(31)32)18-21-8-6-20(7-9-21)10-13-28-14-11-22(12-15-28)25-27-23-4-2-3-5-24(23)29(25)16-17-30/h2-9,19,22,30H,10-18H2,1H3,(H,31,32). The lowest BCUT2D eigenvalue weighted by Gasteiger charge is -2.32. The molecule has 1 saturated heterocycles. The molecule has 170 valence electrons. The van der Waals surface area contributed by atoms with Gasteiger partial charge in [-0.1, -0.05) is 43.3 Å². The van der Waals surface area contributed by atoms with E-state index in [1.807, 2.05) is 12.1 Å². The van der Waals surface area contributed by atoms with Crippen molar-refractivity contribution in [1.29, 1.82) is 0 Å². The number of imidazole rings is 1. The summed E-state index contributed by atoms with van der Waals surface area (Å²) >= 11 is 0. The first-order valence-electron chi connectivity index (χ1n) is 11.6. The van der Waals surface area contributed by atoms with Crippen molar-refractivity contribution < 1.29 is 15.0 Å². The summed E-state index contributed by atoms with van der Waals surface area (Å²) in [5.74, 6) is 0.448. The van der Waals surface area contributed by atoms with Crippen LogP contribution in [0.25, 0.3) is 11.0 Å². The summed E-state index contributed by atoms with van der Waals surface area (Å²) in [4.78, 5) is 18.5. The summed E-state index contributed by atoms with van der Waals surface area (Å²) in [6.07, 6.45) is 3.74. The Labute approximate surface area is 189 Å². The number of benzene rings is 2. The molecule has 1 aromatic heterocycles. The Morgan fingerprint density at radius 3 is 2.44 bits per heavy atom. The topological polar surface area (TPSA) is 78.6 Å². The van der Waals surface area contributed by atoms with Crippen LogP contribution >= 0.6 is 0 Å². The number of carboxylic acids is 1. The van der Waals surface area contributed by atoms with E-state index in [1.54, 1.807) is 6.92 Å². The number of aliphatic hydroxyl groups excluding tert-OH is 1. The van der Waals surface area contributed by atoms with Crippen molar-refractivity contribution in [3.05, 3.63) is 65.5 Å². The number of nitrogens with zero attached hydrogens (tertiary/aromatic N) is 3. The van der Waals surface area contributed by atoms with Gasteiger partial charge in [0.05, 0.1) is 23.6 Å². The quantitative estimate of drug-likeness (QED) is 0.536. The Balaban J connectivity index is 1.31. The molecule has 0 saturated carbocycles. The molecule has 2 aromatic carbocycles. The Hall–Kier alpha value is -2.70. The van der Waals surface area contributed by atoms with Gasteiger partial charge >= 0.3 is 5.97 Å². The molecule has 1 atom stereocenters. The number of aliphatic hydroxyl groups is 1. The number of aromatic nitrogens is 2. The summed E-state index contributed by atoms with van der Waals surface area (Å²) in [5.41, 5.74) is 4.50. The van der Waals surface area contributed by atoms with Crippen molar-refractivity contribution in [3.63, 3.8) is 0 Å². The van der Waals surface area contributed by atoms with Gasteiger partial charge in [-0.15, -0.1) is 0 Å². The minimum Gasteiger partial charge on any atom is -0.481 e. The van der Waals surface area contributed by atoms with Gasteiger partial charge in [-0.25, -0.2) is 4.98 Å². The fourth-order valence-electron chi connectivity index (χ4n) is 4.73. The number of piperidine rings is 1.